The maximum Gasteiger partial charge on any atom is 0.193 e. The number of nitrogens with zero attached hydrogens (tertiary/aromatic N) is 4. The van der Waals surface area contributed by atoms with Crippen molar-refractivity contribution in [3.63, 3.8) is 0 Å². The van der Waals surface area contributed by atoms with E-state index in [4.69, 9.17) is 4.99 Å². The number of benzene rings is 1. The molecule has 0 saturated carbocycles. The van der Waals surface area contributed by atoms with Gasteiger partial charge in [0.05, 0.1) is 0 Å². The number of nitrogens with one attached hydrogen (secondary N) is 1. The summed E-state index contributed by atoms with van der Waals surface area (Å²) in [5, 5.41) is 3.44. The molecular weight excluding hydrogens is 354 g/mol. The van der Waals surface area contributed by atoms with Crippen molar-refractivity contribution in [3.05, 3.63) is 29.8 Å². The summed E-state index contributed by atoms with van der Waals surface area (Å²) in [6.07, 6.45) is 2.11. The van der Waals surface area contributed by atoms with Crippen LogP contribution in [0.15, 0.2) is 34.2 Å². The molecule has 2 rings (SSSR count). The number of rotatable bonds is 8. The van der Waals surface area contributed by atoms with Gasteiger partial charge in [0.2, 0.25) is 0 Å². The molecule has 1 N–H and O–H groups in total. The highest BCUT2D eigenvalue weighted by Gasteiger charge is 2.16. The molecular formula is C21H37N5S. The van der Waals surface area contributed by atoms with Crippen LogP contribution in [0.5, 0.6) is 0 Å². The topological polar surface area (TPSA) is 34.1 Å². The molecule has 0 aliphatic carbocycles. The Bertz CT molecular complexity index is 566. The molecule has 1 aliphatic heterocycles. The second-order valence-corrected chi connectivity index (χ2v) is 8.49. The Labute approximate surface area is 170 Å². The number of aliphatic imine (C=N–C) groups is 1. The highest BCUT2D eigenvalue weighted by atomic mass is 32.2. The summed E-state index contributed by atoms with van der Waals surface area (Å²) in [5.74, 6) is 1.56. The highest BCUT2D eigenvalue weighted by Crippen LogP contribution is 2.15. The van der Waals surface area contributed by atoms with Crippen molar-refractivity contribution in [1.29, 1.82) is 0 Å². The normalized spacial score (nSPS) is 17.7. The van der Waals surface area contributed by atoms with Crippen LogP contribution in [0.25, 0.3) is 0 Å². The first kappa shape index (κ1) is 22.1. The van der Waals surface area contributed by atoms with E-state index in [1.54, 1.807) is 11.8 Å². The summed E-state index contributed by atoms with van der Waals surface area (Å²) in [4.78, 5) is 13.4. The maximum absolute atomic E-state index is 4.91. The zero-order valence-electron chi connectivity index (χ0n) is 17.7. The molecule has 0 aromatic heterocycles. The number of hydrogen-bond donors (Lipinski definition) is 1. The van der Waals surface area contributed by atoms with Crippen molar-refractivity contribution >= 4 is 17.7 Å². The Hall–Kier alpha value is -1.24. The van der Waals surface area contributed by atoms with Crippen LogP contribution in [0, 0.1) is 5.92 Å². The minimum atomic E-state index is 0.566. The lowest BCUT2D eigenvalue weighted by atomic mass is 10.1. The summed E-state index contributed by atoms with van der Waals surface area (Å²) in [6.45, 7) is 12.9. The number of piperazine rings is 1. The maximum atomic E-state index is 4.91. The van der Waals surface area contributed by atoms with Gasteiger partial charge in [-0.15, -0.1) is 11.8 Å². The fourth-order valence-corrected chi connectivity index (χ4v) is 3.73. The van der Waals surface area contributed by atoms with E-state index in [1.807, 2.05) is 0 Å². The highest BCUT2D eigenvalue weighted by molar-refractivity contribution is 7.98. The zero-order chi connectivity index (χ0) is 19.6. The van der Waals surface area contributed by atoms with Crippen LogP contribution in [-0.2, 0) is 6.54 Å². The van der Waals surface area contributed by atoms with Gasteiger partial charge >= 0.3 is 0 Å². The van der Waals surface area contributed by atoms with E-state index >= 15 is 0 Å². The molecule has 1 unspecified atom stereocenters. The molecule has 27 heavy (non-hydrogen) atoms. The summed E-state index contributed by atoms with van der Waals surface area (Å²) >= 11 is 1.78. The quantitative estimate of drug-likeness (QED) is 0.419. The molecule has 1 atom stereocenters. The fourth-order valence-electron chi connectivity index (χ4n) is 3.32. The predicted octanol–water partition coefficient (Wildman–Crippen LogP) is 2.69. The lowest BCUT2D eigenvalue weighted by Crippen LogP contribution is -2.46. The van der Waals surface area contributed by atoms with Crippen molar-refractivity contribution in [2.45, 2.75) is 25.3 Å². The SMILES string of the molecule is CCNC(=NCC(C)CN1CCN(C)CC1)N(C)Cc1ccc(SC)cc1. The molecule has 6 heteroatoms. The van der Waals surface area contributed by atoms with Gasteiger partial charge < -0.3 is 20.0 Å². The standard InChI is InChI=1S/C21H37N5S/c1-6-22-21(25(4)17-19-7-9-20(27-5)10-8-19)23-15-18(2)16-26-13-11-24(3)12-14-26/h7-10,18H,6,11-17H2,1-5H3,(H,22,23). The van der Waals surface area contributed by atoms with Crippen molar-refractivity contribution in [1.82, 2.24) is 20.0 Å². The van der Waals surface area contributed by atoms with Gasteiger partial charge in [0.25, 0.3) is 0 Å². The van der Waals surface area contributed by atoms with Crippen LogP contribution in [0.2, 0.25) is 0 Å². The minimum absolute atomic E-state index is 0.566. The largest absolute Gasteiger partial charge is 0.357 e. The second-order valence-electron chi connectivity index (χ2n) is 7.61. The van der Waals surface area contributed by atoms with E-state index in [1.165, 1.54) is 36.6 Å². The summed E-state index contributed by atoms with van der Waals surface area (Å²) < 4.78 is 0. The summed E-state index contributed by atoms with van der Waals surface area (Å²) in [7, 11) is 4.33. The van der Waals surface area contributed by atoms with Gasteiger partial charge in [-0.05, 0) is 43.8 Å². The Kier molecular flexibility index (Phi) is 9.45. The van der Waals surface area contributed by atoms with Gasteiger partial charge in [0.1, 0.15) is 0 Å². The molecule has 1 heterocycles. The Balaban J connectivity index is 1.87. The molecule has 1 saturated heterocycles. The second kappa shape index (κ2) is 11.6. The predicted molar refractivity (Wildman–Crippen MR) is 119 cm³/mol. The lowest BCUT2D eigenvalue weighted by Gasteiger charge is -2.33. The molecule has 1 aromatic carbocycles. The molecule has 1 aliphatic rings. The van der Waals surface area contributed by atoms with E-state index in [0.29, 0.717) is 5.92 Å². The Morgan fingerprint density at radius 2 is 1.89 bits per heavy atom. The van der Waals surface area contributed by atoms with E-state index in [0.717, 1.165) is 32.1 Å². The Morgan fingerprint density at radius 1 is 1.22 bits per heavy atom. The lowest BCUT2D eigenvalue weighted by molar-refractivity contribution is 0.140. The molecule has 0 bridgehead atoms. The molecule has 152 valence electrons. The van der Waals surface area contributed by atoms with Crippen LogP contribution in [0.1, 0.15) is 19.4 Å². The van der Waals surface area contributed by atoms with Crippen molar-refractivity contribution < 1.29 is 0 Å². The average Bonchev–Trinajstić information content (AvgIpc) is 2.67. The molecule has 5 nitrogen and oxygen atoms in total. The van der Waals surface area contributed by atoms with E-state index in [-0.39, 0.29) is 0 Å². The van der Waals surface area contributed by atoms with Crippen molar-refractivity contribution in [2.24, 2.45) is 10.9 Å². The number of likely N-dealkylation sites (N-methyl/N-ethyl adjacent to an activating group) is 1. The Morgan fingerprint density at radius 3 is 2.48 bits per heavy atom. The van der Waals surface area contributed by atoms with Crippen LogP contribution in [0.4, 0.5) is 0 Å². The van der Waals surface area contributed by atoms with E-state index < -0.39 is 0 Å². The molecule has 0 amide bonds. The van der Waals surface area contributed by atoms with Gasteiger partial charge in [-0.25, -0.2) is 0 Å². The first-order valence-electron chi connectivity index (χ1n) is 10.0. The fraction of sp³-hybridized carbons (Fsp3) is 0.667. The average molecular weight is 392 g/mol. The summed E-state index contributed by atoms with van der Waals surface area (Å²) in [6, 6.07) is 8.80. The third-order valence-corrected chi connectivity index (χ3v) is 5.74. The van der Waals surface area contributed by atoms with Crippen LogP contribution in [-0.4, -0.2) is 86.8 Å². The van der Waals surface area contributed by atoms with E-state index in [9.17, 15) is 0 Å². The number of thioether (sulfide) groups is 1. The van der Waals surface area contributed by atoms with Gasteiger partial charge in [-0.1, -0.05) is 19.1 Å². The number of hydrogen-bond acceptors (Lipinski definition) is 4. The zero-order valence-corrected chi connectivity index (χ0v) is 18.6. The van der Waals surface area contributed by atoms with Gasteiger partial charge in [0, 0.05) is 64.3 Å². The summed E-state index contributed by atoms with van der Waals surface area (Å²) in [5.41, 5.74) is 1.31. The van der Waals surface area contributed by atoms with Gasteiger partial charge in [-0.2, -0.15) is 0 Å². The number of guanidine groups is 1. The first-order chi connectivity index (χ1) is 13.0. The third kappa shape index (κ3) is 7.72. The molecule has 1 aromatic rings. The van der Waals surface area contributed by atoms with Crippen molar-refractivity contribution in [3.8, 4) is 0 Å². The van der Waals surface area contributed by atoms with Crippen LogP contribution >= 0.6 is 11.8 Å². The van der Waals surface area contributed by atoms with Gasteiger partial charge in [0.15, 0.2) is 5.96 Å². The van der Waals surface area contributed by atoms with Crippen LogP contribution < -0.4 is 5.32 Å². The van der Waals surface area contributed by atoms with Crippen molar-refractivity contribution in [2.75, 3.05) is 66.2 Å². The minimum Gasteiger partial charge on any atom is -0.357 e. The van der Waals surface area contributed by atoms with Crippen LogP contribution in [0.3, 0.4) is 0 Å². The smallest absolute Gasteiger partial charge is 0.193 e. The first-order valence-corrected chi connectivity index (χ1v) is 11.3. The molecule has 0 spiro atoms. The molecule has 1 fully saturated rings. The van der Waals surface area contributed by atoms with E-state index in [2.05, 4.69) is 78.5 Å². The molecule has 0 radical (unpaired) electrons. The monoisotopic (exact) mass is 391 g/mol. The third-order valence-electron chi connectivity index (χ3n) is 4.99. The van der Waals surface area contributed by atoms with Gasteiger partial charge in [-0.3, -0.25) is 4.99 Å².